The highest BCUT2D eigenvalue weighted by molar-refractivity contribution is 6.03. The molecule has 24 heavy (non-hydrogen) atoms. The number of carboxylic acids is 2. The molecule has 0 spiro atoms. The first-order chi connectivity index (χ1) is 11.5. The van der Waals surface area contributed by atoms with E-state index in [-0.39, 0.29) is 22.5 Å². The fourth-order valence-corrected chi connectivity index (χ4v) is 2.54. The average molecular weight is 324 g/mol. The Labute approximate surface area is 136 Å². The molecule has 0 aliphatic carbocycles. The van der Waals surface area contributed by atoms with E-state index in [0.29, 0.717) is 11.1 Å². The molecule has 0 fully saturated rings. The highest BCUT2D eigenvalue weighted by atomic mass is 16.5. The maximum atomic E-state index is 11.4. The van der Waals surface area contributed by atoms with Crippen molar-refractivity contribution < 1.29 is 29.0 Å². The number of carboxylic acid groups (broad SMARTS) is 2. The normalized spacial score (nSPS) is 12.0. The van der Waals surface area contributed by atoms with Crippen LogP contribution >= 0.6 is 0 Å². The van der Waals surface area contributed by atoms with Gasteiger partial charge in [0.25, 0.3) is 0 Å². The Morgan fingerprint density at radius 2 is 1.79 bits per heavy atom. The van der Waals surface area contributed by atoms with Crippen molar-refractivity contribution in [2.45, 2.75) is 13.0 Å². The van der Waals surface area contributed by atoms with Crippen LogP contribution < -0.4 is 14.9 Å². The zero-order chi connectivity index (χ0) is 17.3. The van der Waals surface area contributed by atoms with Gasteiger partial charge < -0.3 is 29.0 Å². The highest BCUT2D eigenvalue weighted by Gasteiger charge is 2.17. The van der Waals surface area contributed by atoms with Crippen molar-refractivity contribution in [3.63, 3.8) is 0 Å². The third-order valence-electron chi connectivity index (χ3n) is 3.61. The van der Waals surface area contributed by atoms with Crippen LogP contribution in [0.2, 0.25) is 0 Å². The number of hydrogen-bond acceptors (Lipinski definition) is 6. The van der Waals surface area contributed by atoms with Gasteiger partial charge in [-0.05, 0) is 30.7 Å². The van der Waals surface area contributed by atoms with E-state index in [1.54, 1.807) is 30.3 Å². The number of hydrogen-bond donors (Lipinski definition) is 0. The van der Waals surface area contributed by atoms with Gasteiger partial charge in [0.2, 0.25) is 0 Å². The van der Waals surface area contributed by atoms with Crippen molar-refractivity contribution in [1.29, 1.82) is 0 Å². The monoisotopic (exact) mass is 324 g/mol. The molecular weight excluding hydrogens is 312 g/mol. The predicted octanol–water partition coefficient (Wildman–Crippen LogP) is 0.975. The van der Waals surface area contributed by atoms with Gasteiger partial charge in [0.05, 0.1) is 11.9 Å². The lowest BCUT2D eigenvalue weighted by Gasteiger charge is -2.20. The minimum absolute atomic E-state index is 0.0832. The third kappa shape index (κ3) is 2.81. The lowest BCUT2D eigenvalue weighted by atomic mass is 10.1. The number of furan rings is 1. The van der Waals surface area contributed by atoms with E-state index < -0.39 is 18.0 Å². The fraction of sp³-hybridized carbons (Fsp3) is 0.111. The molecular formula is C18H12O6-2. The van der Waals surface area contributed by atoms with Crippen LogP contribution in [0.3, 0.4) is 0 Å². The molecule has 6 nitrogen and oxygen atoms in total. The number of ether oxygens (including phenoxy) is 1. The fourth-order valence-electron chi connectivity index (χ4n) is 2.54. The number of rotatable bonds is 5. The summed E-state index contributed by atoms with van der Waals surface area (Å²) >= 11 is 0. The highest BCUT2D eigenvalue weighted by Crippen LogP contribution is 2.30. The Morgan fingerprint density at radius 3 is 2.42 bits per heavy atom. The van der Waals surface area contributed by atoms with E-state index >= 15 is 0 Å². The molecule has 0 amide bonds. The van der Waals surface area contributed by atoms with Crippen LogP contribution in [0.5, 0.6) is 5.75 Å². The van der Waals surface area contributed by atoms with Crippen molar-refractivity contribution in [2.24, 2.45) is 0 Å². The Hall–Kier alpha value is -3.28. The molecule has 0 bridgehead atoms. The Balaban J connectivity index is 2.01. The maximum Gasteiger partial charge on any atom is 0.163 e. The first-order valence-corrected chi connectivity index (χ1v) is 7.14. The van der Waals surface area contributed by atoms with Gasteiger partial charge >= 0.3 is 0 Å². The molecule has 1 heterocycles. The number of aliphatic carboxylic acids is 1. The Bertz CT molecular complexity index is 910. The third-order valence-corrected chi connectivity index (χ3v) is 3.61. The maximum absolute atomic E-state index is 11.4. The molecule has 0 N–H and O–H groups in total. The molecule has 0 aliphatic heterocycles. The van der Waals surface area contributed by atoms with Crippen LogP contribution in [-0.2, 0) is 4.79 Å². The van der Waals surface area contributed by atoms with E-state index in [9.17, 15) is 19.8 Å². The smallest absolute Gasteiger partial charge is 0.163 e. The first kappa shape index (κ1) is 15.6. The topological polar surface area (TPSA) is 103 Å². The molecule has 1 aromatic heterocycles. The molecule has 0 aliphatic rings. The second-order valence-electron chi connectivity index (χ2n) is 5.21. The summed E-state index contributed by atoms with van der Waals surface area (Å²) in [6.45, 7) is 1.51. The number of carbonyl (C=O) groups is 2. The van der Waals surface area contributed by atoms with Gasteiger partial charge in [-0.3, -0.25) is 0 Å². The van der Waals surface area contributed by atoms with Crippen molar-refractivity contribution in [1.82, 2.24) is 0 Å². The molecule has 122 valence electrons. The molecule has 0 saturated heterocycles. The van der Waals surface area contributed by atoms with Gasteiger partial charge in [0.15, 0.2) is 6.10 Å². The summed E-state index contributed by atoms with van der Waals surface area (Å²) in [7, 11) is 0. The van der Waals surface area contributed by atoms with E-state index in [4.69, 9.17) is 9.15 Å². The minimum atomic E-state index is -1.40. The summed E-state index contributed by atoms with van der Waals surface area (Å²) in [6, 6.07) is 12.8. The summed E-state index contributed by atoms with van der Waals surface area (Å²) in [6.07, 6.45) is -1.32. The molecule has 0 unspecified atom stereocenters. The molecule has 3 rings (SSSR count). The van der Waals surface area contributed by atoms with Crippen molar-refractivity contribution in [3.8, 4) is 5.75 Å². The molecule has 0 radical (unpaired) electrons. The van der Waals surface area contributed by atoms with Crippen LogP contribution in [0.4, 0.5) is 0 Å². The number of aryl methyl sites for hydroxylation is 1. The lowest BCUT2D eigenvalue weighted by molar-refractivity contribution is -0.314. The number of carbonyl (C=O) groups excluding carboxylic acids is 2. The van der Waals surface area contributed by atoms with E-state index in [0.717, 1.165) is 0 Å². The molecule has 1 atom stereocenters. The predicted molar refractivity (Wildman–Crippen MR) is 80.1 cm³/mol. The van der Waals surface area contributed by atoms with Gasteiger partial charge in [-0.25, -0.2) is 0 Å². The molecule has 2 aromatic carbocycles. The van der Waals surface area contributed by atoms with Crippen molar-refractivity contribution in [2.75, 3.05) is 0 Å². The van der Waals surface area contributed by atoms with Gasteiger partial charge in [-0.2, -0.15) is 0 Å². The second-order valence-corrected chi connectivity index (χ2v) is 5.21. The summed E-state index contributed by atoms with van der Waals surface area (Å²) in [5, 5.41) is 22.9. The van der Waals surface area contributed by atoms with Crippen LogP contribution in [0.1, 0.15) is 27.8 Å². The molecule has 0 saturated carbocycles. The van der Waals surface area contributed by atoms with Crippen LogP contribution in [0.25, 0.3) is 11.0 Å². The van der Waals surface area contributed by atoms with Gasteiger partial charge in [0.1, 0.15) is 17.1 Å². The van der Waals surface area contributed by atoms with Crippen LogP contribution in [0, 0.1) is 6.92 Å². The molecule has 3 aromatic rings. The Kier molecular flexibility index (Phi) is 3.95. The lowest BCUT2D eigenvalue weighted by Crippen LogP contribution is -2.33. The number of benzene rings is 2. The number of aromatic carboxylic acids is 1. The summed E-state index contributed by atoms with van der Waals surface area (Å²) in [4.78, 5) is 22.6. The average Bonchev–Trinajstić information content (AvgIpc) is 2.88. The quantitative estimate of drug-likeness (QED) is 0.693. The van der Waals surface area contributed by atoms with E-state index in [1.807, 2.05) is 0 Å². The second kappa shape index (κ2) is 6.08. The summed E-state index contributed by atoms with van der Waals surface area (Å²) < 4.78 is 10.8. The summed E-state index contributed by atoms with van der Waals surface area (Å²) in [5.74, 6) is -2.38. The van der Waals surface area contributed by atoms with Crippen LogP contribution in [-0.4, -0.2) is 11.9 Å². The van der Waals surface area contributed by atoms with Gasteiger partial charge in [-0.15, -0.1) is 0 Å². The largest absolute Gasteiger partial charge is 0.546 e. The molecule has 6 heteroatoms. The van der Waals surface area contributed by atoms with Gasteiger partial charge in [-0.1, -0.05) is 30.3 Å². The van der Waals surface area contributed by atoms with Crippen molar-refractivity contribution >= 4 is 22.9 Å². The standard InChI is InChI=1S/C18H14O6/c1-10-15(17(19)20)13-9-12(7-8-14(13)23-10)24-16(18(21)22)11-5-3-2-4-6-11/h2-9,16H,1H3,(H,19,20)(H,21,22)/p-2/t16-/m0/s1. The summed E-state index contributed by atoms with van der Waals surface area (Å²) in [5.41, 5.74) is 0.685. The minimum Gasteiger partial charge on any atom is -0.546 e. The van der Waals surface area contributed by atoms with Gasteiger partial charge in [0, 0.05) is 10.9 Å². The zero-order valence-corrected chi connectivity index (χ0v) is 12.6. The van der Waals surface area contributed by atoms with E-state index in [2.05, 4.69) is 0 Å². The zero-order valence-electron chi connectivity index (χ0n) is 12.6. The number of fused-ring (bicyclic) bond motifs is 1. The van der Waals surface area contributed by atoms with Crippen LogP contribution in [0.15, 0.2) is 52.9 Å². The Morgan fingerprint density at radius 1 is 1.08 bits per heavy atom. The first-order valence-electron chi connectivity index (χ1n) is 7.14. The SMILES string of the molecule is Cc1oc2ccc(O[C@H](C(=O)[O-])c3ccccc3)cc2c1C(=O)[O-]. The van der Waals surface area contributed by atoms with Crippen molar-refractivity contribution in [3.05, 3.63) is 65.4 Å². The van der Waals surface area contributed by atoms with E-state index in [1.165, 1.54) is 25.1 Å².